The third-order valence-corrected chi connectivity index (χ3v) is 3.32. The maximum Gasteiger partial charge on any atom is 0.139 e. The Labute approximate surface area is 115 Å². The second-order valence-electron chi connectivity index (χ2n) is 4.37. The smallest absolute Gasteiger partial charge is 0.139 e. The van der Waals surface area contributed by atoms with E-state index in [1.807, 2.05) is 29.5 Å². The van der Waals surface area contributed by atoms with Gasteiger partial charge in [-0.05, 0) is 37.3 Å². The second-order valence-corrected chi connectivity index (χ2v) is 4.80. The Morgan fingerprint density at radius 1 is 1.26 bits per heavy atom. The van der Waals surface area contributed by atoms with Crippen molar-refractivity contribution in [1.82, 2.24) is 9.38 Å². The van der Waals surface area contributed by atoms with Crippen molar-refractivity contribution < 1.29 is 5.11 Å². The van der Waals surface area contributed by atoms with Gasteiger partial charge in [-0.25, -0.2) is 4.98 Å². The van der Waals surface area contributed by atoms with Crippen LogP contribution in [0.4, 0.5) is 5.82 Å². The number of aryl methyl sites for hydroxylation is 1. The monoisotopic (exact) mass is 273 g/mol. The number of pyridine rings is 1. The molecule has 2 aromatic heterocycles. The Bertz CT molecular complexity index is 780. The van der Waals surface area contributed by atoms with E-state index in [0.717, 1.165) is 11.3 Å². The molecular formula is C14H12ClN3O. The van der Waals surface area contributed by atoms with Gasteiger partial charge in [0.2, 0.25) is 0 Å². The number of benzene rings is 1. The van der Waals surface area contributed by atoms with Crippen molar-refractivity contribution >= 4 is 23.1 Å². The summed E-state index contributed by atoms with van der Waals surface area (Å²) in [6.45, 7) is 1.95. The molecule has 3 aromatic rings. The summed E-state index contributed by atoms with van der Waals surface area (Å²) in [6, 6.07) is 10.6. The molecule has 19 heavy (non-hydrogen) atoms. The summed E-state index contributed by atoms with van der Waals surface area (Å²) in [4.78, 5) is 4.46. The van der Waals surface area contributed by atoms with Gasteiger partial charge in [0, 0.05) is 16.3 Å². The summed E-state index contributed by atoms with van der Waals surface area (Å²) in [6.07, 6.45) is 0. The van der Waals surface area contributed by atoms with E-state index >= 15 is 0 Å². The fraction of sp³-hybridized carbons (Fsp3) is 0.0714. The maximum absolute atomic E-state index is 9.94. The minimum absolute atomic E-state index is 0.108. The van der Waals surface area contributed by atoms with E-state index in [1.165, 1.54) is 6.07 Å². The fourth-order valence-corrected chi connectivity index (χ4v) is 2.35. The van der Waals surface area contributed by atoms with Gasteiger partial charge in [0.25, 0.3) is 0 Å². The minimum atomic E-state index is 0.108. The van der Waals surface area contributed by atoms with Gasteiger partial charge in [-0.1, -0.05) is 17.7 Å². The predicted molar refractivity (Wildman–Crippen MR) is 76.5 cm³/mol. The first-order valence-electron chi connectivity index (χ1n) is 5.80. The van der Waals surface area contributed by atoms with E-state index in [4.69, 9.17) is 17.3 Å². The van der Waals surface area contributed by atoms with E-state index in [2.05, 4.69) is 4.98 Å². The van der Waals surface area contributed by atoms with Crippen LogP contribution in [0.1, 0.15) is 5.69 Å². The molecule has 0 spiro atoms. The summed E-state index contributed by atoms with van der Waals surface area (Å²) >= 11 is 5.96. The molecule has 0 amide bonds. The molecule has 96 valence electrons. The van der Waals surface area contributed by atoms with Crippen LogP contribution in [-0.4, -0.2) is 14.5 Å². The number of halogens is 1. The summed E-state index contributed by atoms with van der Waals surface area (Å²) < 4.78 is 1.84. The summed E-state index contributed by atoms with van der Waals surface area (Å²) in [5.74, 6) is 0.600. The van der Waals surface area contributed by atoms with Gasteiger partial charge in [0.15, 0.2) is 0 Å². The first kappa shape index (κ1) is 11.9. The van der Waals surface area contributed by atoms with E-state index in [9.17, 15) is 5.11 Å². The first-order chi connectivity index (χ1) is 9.08. The first-order valence-corrected chi connectivity index (χ1v) is 6.18. The number of anilines is 1. The molecule has 0 aliphatic rings. The van der Waals surface area contributed by atoms with Gasteiger partial charge >= 0.3 is 0 Å². The Morgan fingerprint density at radius 2 is 2.05 bits per heavy atom. The van der Waals surface area contributed by atoms with Crippen LogP contribution in [0.2, 0.25) is 5.02 Å². The maximum atomic E-state index is 9.94. The van der Waals surface area contributed by atoms with Crippen LogP contribution in [-0.2, 0) is 0 Å². The second kappa shape index (κ2) is 4.17. The molecule has 2 heterocycles. The van der Waals surface area contributed by atoms with Crippen molar-refractivity contribution in [2.24, 2.45) is 0 Å². The van der Waals surface area contributed by atoms with Crippen molar-refractivity contribution in [3.8, 4) is 17.0 Å². The number of aromatic nitrogens is 2. The van der Waals surface area contributed by atoms with Gasteiger partial charge in [-0.2, -0.15) is 0 Å². The lowest BCUT2D eigenvalue weighted by Gasteiger charge is -2.04. The fourth-order valence-electron chi connectivity index (χ4n) is 2.18. The van der Waals surface area contributed by atoms with Gasteiger partial charge in [-0.15, -0.1) is 0 Å². The number of hydrogen-bond acceptors (Lipinski definition) is 3. The van der Waals surface area contributed by atoms with Crippen LogP contribution in [0.25, 0.3) is 16.9 Å². The highest BCUT2D eigenvalue weighted by atomic mass is 35.5. The lowest BCUT2D eigenvalue weighted by molar-refractivity contribution is 0.477. The Morgan fingerprint density at radius 3 is 2.79 bits per heavy atom. The molecule has 5 heteroatoms. The molecule has 0 atom stereocenters. The normalized spacial score (nSPS) is 11.1. The highest BCUT2D eigenvalue weighted by Crippen LogP contribution is 2.35. The Balaban J connectivity index is 2.34. The van der Waals surface area contributed by atoms with E-state index in [-0.39, 0.29) is 5.75 Å². The largest absolute Gasteiger partial charge is 0.507 e. The number of nitrogens with two attached hydrogens (primary N) is 1. The highest BCUT2D eigenvalue weighted by molar-refractivity contribution is 6.31. The average Bonchev–Trinajstić information content (AvgIpc) is 2.71. The minimum Gasteiger partial charge on any atom is -0.507 e. The zero-order valence-corrected chi connectivity index (χ0v) is 11.0. The highest BCUT2D eigenvalue weighted by Gasteiger charge is 2.15. The number of nitrogens with zero attached hydrogens (tertiary/aromatic N) is 2. The molecule has 3 rings (SSSR count). The van der Waals surface area contributed by atoms with Crippen LogP contribution < -0.4 is 5.73 Å². The lowest BCUT2D eigenvalue weighted by atomic mass is 10.1. The number of fused-ring (bicyclic) bond motifs is 1. The number of rotatable bonds is 1. The number of phenols is 1. The molecule has 0 saturated carbocycles. The van der Waals surface area contributed by atoms with Gasteiger partial charge in [0.05, 0.1) is 0 Å². The van der Waals surface area contributed by atoms with Crippen molar-refractivity contribution in [3.05, 3.63) is 47.1 Å². The SMILES string of the molecule is Cc1cccc2nc(-c3cc(Cl)ccc3O)c(N)n12. The number of imidazole rings is 1. The van der Waals surface area contributed by atoms with E-state index in [0.29, 0.717) is 22.1 Å². The van der Waals surface area contributed by atoms with Crippen molar-refractivity contribution in [2.45, 2.75) is 6.92 Å². The van der Waals surface area contributed by atoms with Crippen LogP contribution in [0, 0.1) is 6.92 Å². The number of hydrogen-bond donors (Lipinski definition) is 2. The van der Waals surface area contributed by atoms with Crippen LogP contribution in [0.5, 0.6) is 5.75 Å². The van der Waals surface area contributed by atoms with E-state index in [1.54, 1.807) is 12.1 Å². The molecule has 0 unspecified atom stereocenters. The zero-order valence-electron chi connectivity index (χ0n) is 10.3. The molecule has 0 bridgehead atoms. The van der Waals surface area contributed by atoms with Crippen molar-refractivity contribution in [2.75, 3.05) is 5.73 Å². The van der Waals surface area contributed by atoms with E-state index < -0.39 is 0 Å². The summed E-state index contributed by atoms with van der Waals surface area (Å²) in [5, 5.41) is 10.5. The zero-order chi connectivity index (χ0) is 13.6. The molecular weight excluding hydrogens is 262 g/mol. The van der Waals surface area contributed by atoms with Gasteiger partial charge in [0.1, 0.15) is 22.9 Å². The molecule has 0 aliphatic heterocycles. The third kappa shape index (κ3) is 1.81. The molecule has 0 fully saturated rings. The lowest BCUT2D eigenvalue weighted by Crippen LogP contribution is -1.97. The molecule has 0 aliphatic carbocycles. The predicted octanol–water partition coefficient (Wildman–Crippen LogP) is 3.25. The third-order valence-electron chi connectivity index (χ3n) is 3.09. The van der Waals surface area contributed by atoms with Crippen molar-refractivity contribution in [1.29, 1.82) is 0 Å². The number of aromatic hydroxyl groups is 1. The summed E-state index contributed by atoms with van der Waals surface area (Å²) in [7, 11) is 0. The number of nitrogen functional groups attached to an aromatic ring is 1. The Hall–Kier alpha value is -2.20. The van der Waals surface area contributed by atoms with Crippen LogP contribution >= 0.6 is 11.6 Å². The molecule has 0 radical (unpaired) electrons. The molecule has 4 nitrogen and oxygen atoms in total. The Kier molecular flexibility index (Phi) is 2.61. The molecule has 3 N–H and O–H groups in total. The topological polar surface area (TPSA) is 63.5 Å². The van der Waals surface area contributed by atoms with Crippen molar-refractivity contribution in [3.63, 3.8) is 0 Å². The standard InChI is InChI=1S/C14H12ClN3O/c1-8-3-2-4-12-17-13(14(16)18(8)12)10-7-9(15)5-6-11(10)19/h2-7,19H,16H2,1H3. The quantitative estimate of drug-likeness (QED) is 0.715. The molecule has 0 saturated heterocycles. The number of phenolic OH excluding ortho intramolecular Hbond substituents is 1. The average molecular weight is 274 g/mol. The van der Waals surface area contributed by atoms with Gasteiger partial charge in [-0.3, -0.25) is 4.40 Å². The summed E-state index contributed by atoms with van der Waals surface area (Å²) in [5.41, 5.74) is 8.93. The molecule has 1 aromatic carbocycles. The van der Waals surface area contributed by atoms with Crippen LogP contribution in [0.3, 0.4) is 0 Å². The van der Waals surface area contributed by atoms with Crippen LogP contribution in [0.15, 0.2) is 36.4 Å². The van der Waals surface area contributed by atoms with Gasteiger partial charge < -0.3 is 10.8 Å².